The molecule has 3 rings (SSSR count). The monoisotopic (exact) mass is 376 g/mol. The van der Waals surface area contributed by atoms with Crippen molar-refractivity contribution in [2.45, 2.75) is 12.8 Å². The summed E-state index contributed by atoms with van der Waals surface area (Å²) < 4.78 is 5.23. The number of benzene rings is 1. The van der Waals surface area contributed by atoms with Gasteiger partial charge in [0.05, 0.1) is 30.7 Å². The Hall–Kier alpha value is -2.64. The van der Waals surface area contributed by atoms with E-state index in [-0.39, 0.29) is 18.9 Å². The van der Waals surface area contributed by atoms with Crippen molar-refractivity contribution in [1.29, 1.82) is 0 Å². The Bertz CT molecular complexity index is 759. The largest absolute Gasteiger partial charge is 0.377 e. The molecule has 1 aromatic heterocycles. The van der Waals surface area contributed by atoms with E-state index < -0.39 is 5.91 Å². The summed E-state index contributed by atoms with van der Waals surface area (Å²) in [7, 11) is 0. The minimum absolute atomic E-state index is 0.120. The van der Waals surface area contributed by atoms with Gasteiger partial charge in [-0.1, -0.05) is 35.9 Å². The van der Waals surface area contributed by atoms with Crippen molar-refractivity contribution in [3.8, 4) is 0 Å². The first-order chi connectivity index (χ1) is 12.6. The minimum atomic E-state index is -0.445. The van der Waals surface area contributed by atoms with Crippen LogP contribution in [0.3, 0.4) is 0 Å². The lowest BCUT2D eigenvalue weighted by molar-refractivity contribution is -0.117. The highest BCUT2D eigenvalue weighted by atomic mass is 35.5. The number of primary amides is 1. The number of aromatic amines is 1. The second-order valence-corrected chi connectivity index (χ2v) is 5.92. The van der Waals surface area contributed by atoms with Crippen molar-refractivity contribution in [3.63, 3.8) is 0 Å². The molecule has 1 aliphatic rings. The van der Waals surface area contributed by atoms with Crippen LogP contribution in [-0.4, -0.2) is 41.8 Å². The molecule has 8 heteroatoms. The Balaban J connectivity index is 0.000000290. The number of amides is 2. The van der Waals surface area contributed by atoms with Gasteiger partial charge in [-0.15, -0.1) is 0 Å². The molecule has 7 nitrogen and oxygen atoms in total. The molecule has 2 heterocycles. The van der Waals surface area contributed by atoms with E-state index in [1.54, 1.807) is 0 Å². The van der Waals surface area contributed by atoms with E-state index in [0.29, 0.717) is 24.5 Å². The molecule has 0 atom stereocenters. The zero-order valence-corrected chi connectivity index (χ0v) is 15.0. The van der Waals surface area contributed by atoms with Gasteiger partial charge in [-0.05, 0) is 24.1 Å². The number of halogens is 1. The van der Waals surface area contributed by atoms with Gasteiger partial charge in [0.15, 0.2) is 0 Å². The molecule has 1 aliphatic heterocycles. The van der Waals surface area contributed by atoms with Crippen molar-refractivity contribution < 1.29 is 14.3 Å². The Morgan fingerprint density at radius 2 is 2.08 bits per heavy atom. The van der Waals surface area contributed by atoms with Crippen molar-refractivity contribution >= 4 is 29.0 Å². The molecule has 0 radical (unpaired) electrons. The fourth-order valence-corrected chi connectivity index (χ4v) is 2.41. The molecule has 0 aliphatic carbocycles. The fourth-order valence-electron chi connectivity index (χ4n) is 2.27. The highest BCUT2D eigenvalue weighted by molar-refractivity contribution is 6.30. The normalized spacial score (nSPS) is 13.2. The first-order valence-electron chi connectivity index (χ1n) is 8.15. The van der Waals surface area contributed by atoms with Crippen LogP contribution in [0.15, 0.2) is 42.6 Å². The second kappa shape index (κ2) is 10.4. The Morgan fingerprint density at radius 3 is 2.65 bits per heavy atom. The van der Waals surface area contributed by atoms with Crippen molar-refractivity contribution in [1.82, 2.24) is 15.5 Å². The van der Waals surface area contributed by atoms with Gasteiger partial charge in [0.1, 0.15) is 0 Å². The lowest BCUT2D eigenvalue weighted by Crippen LogP contribution is -2.28. The third-order valence-electron chi connectivity index (χ3n) is 3.56. The summed E-state index contributed by atoms with van der Waals surface area (Å²) in [6.45, 7) is 1.39. The van der Waals surface area contributed by atoms with Crippen LogP contribution >= 0.6 is 11.6 Å². The van der Waals surface area contributed by atoms with Crippen LogP contribution in [-0.2, 0) is 9.53 Å². The number of aromatic nitrogens is 2. The number of nitrogens with one attached hydrogen (secondary N) is 2. The van der Waals surface area contributed by atoms with Gasteiger partial charge in [-0.3, -0.25) is 14.7 Å². The molecule has 0 fully saturated rings. The summed E-state index contributed by atoms with van der Waals surface area (Å²) in [4.78, 5) is 22.6. The predicted octanol–water partition coefficient (Wildman–Crippen LogP) is 2.16. The first kappa shape index (κ1) is 19.7. The molecule has 0 bridgehead atoms. The van der Waals surface area contributed by atoms with Crippen LogP contribution in [0.2, 0.25) is 5.02 Å². The highest BCUT2D eigenvalue weighted by Crippen LogP contribution is 2.22. The molecule has 4 N–H and O–H groups in total. The third kappa shape index (κ3) is 6.34. The van der Waals surface area contributed by atoms with E-state index in [9.17, 15) is 9.59 Å². The van der Waals surface area contributed by atoms with Crippen molar-refractivity contribution in [3.05, 3.63) is 58.9 Å². The molecule has 0 saturated heterocycles. The summed E-state index contributed by atoms with van der Waals surface area (Å²) in [6, 6.07) is 9.44. The van der Waals surface area contributed by atoms with E-state index in [0.717, 1.165) is 17.0 Å². The number of ether oxygens (including phenoxy) is 1. The zero-order valence-electron chi connectivity index (χ0n) is 14.2. The highest BCUT2D eigenvalue weighted by Gasteiger charge is 2.17. The predicted molar refractivity (Wildman–Crippen MR) is 99.6 cm³/mol. The molecule has 0 saturated carbocycles. The summed E-state index contributed by atoms with van der Waals surface area (Å²) in [5.41, 5.74) is 7.21. The van der Waals surface area contributed by atoms with Crippen LogP contribution in [0, 0.1) is 0 Å². The summed E-state index contributed by atoms with van der Waals surface area (Å²) in [6.07, 6.45) is 4.27. The van der Waals surface area contributed by atoms with Crippen LogP contribution in [0.4, 0.5) is 0 Å². The van der Waals surface area contributed by atoms with Gasteiger partial charge < -0.3 is 15.8 Å². The van der Waals surface area contributed by atoms with E-state index >= 15 is 0 Å². The SMILES string of the molecule is Clc1ccccc1.NC(=O)CCNC(=O)c1cn[nH]c1C1=CCOCC1. The maximum absolute atomic E-state index is 12.0. The van der Waals surface area contributed by atoms with Gasteiger partial charge in [-0.25, -0.2) is 0 Å². The summed E-state index contributed by atoms with van der Waals surface area (Å²) in [5, 5.41) is 10.2. The van der Waals surface area contributed by atoms with Crippen LogP contribution in [0.25, 0.3) is 5.57 Å². The molecule has 26 heavy (non-hydrogen) atoms. The quantitative estimate of drug-likeness (QED) is 0.742. The Morgan fingerprint density at radius 1 is 1.31 bits per heavy atom. The molecular formula is C18H21ClN4O3. The van der Waals surface area contributed by atoms with Gasteiger partial charge in [0, 0.05) is 18.0 Å². The number of H-pyrrole nitrogens is 1. The molecule has 0 unspecified atom stereocenters. The van der Waals surface area contributed by atoms with Gasteiger partial charge in [0.2, 0.25) is 5.91 Å². The maximum Gasteiger partial charge on any atom is 0.255 e. The van der Waals surface area contributed by atoms with Crippen LogP contribution < -0.4 is 11.1 Å². The molecule has 2 amide bonds. The first-order valence-corrected chi connectivity index (χ1v) is 8.53. The zero-order chi connectivity index (χ0) is 18.8. The number of rotatable bonds is 5. The topological polar surface area (TPSA) is 110 Å². The number of nitrogens with zero attached hydrogens (tertiary/aromatic N) is 1. The smallest absolute Gasteiger partial charge is 0.255 e. The fraction of sp³-hybridized carbons (Fsp3) is 0.278. The van der Waals surface area contributed by atoms with E-state index in [2.05, 4.69) is 15.5 Å². The van der Waals surface area contributed by atoms with Gasteiger partial charge in [-0.2, -0.15) is 5.10 Å². The Kier molecular flexibility index (Phi) is 7.85. The van der Waals surface area contributed by atoms with Crippen LogP contribution in [0.5, 0.6) is 0 Å². The lowest BCUT2D eigenvalue weighted by Gasteiger charge is -2.13. The lowest BCUT2D eigenvalue weighted by atomic mass is 10.0. The van der Waals surface area contributed by atoms with E-state index in [1.165, 1.54) is 6.20 Å². The van der Waals surface area contributed by atoms with Crippen molar-refractivity contribution in [2.75, 3.05) is 19.8 Å². The van der Waals surface area contributed by atoms with E-state index in [4.69, 9.17) is 22.1 Å². The molecule has 1 aromatic carbocycles. The second-order valence-electron chi connectivity index (χ2n) is 5.48. The number of carbonyl (C=O) groups is 2. The Labute approximate surface area is 156 Å². The van der Waals surface area contributed by atoms with E-state index in [1.807, 2.05) is 36.4 Å². The summed E-state index contributed by atoms with van der Waals surface area (Å²) >= 11 is 5.54. The standard InChI is InChI=1S/C12H16N4O3.C6H5Cl/c13-10(17)1-4-14-12(18)9-7-15-16-11(9)8-2-5-19-6-3-8;7-6-4-2-1-3-5-6/h2,7H,1,3-6H2,(H2,13,17)(H,14,18)(H,15,16);1-5H. The number of nitrogens with two attached hydrogens (primary N) is 1. The minimum Gasteiger partial charge on any atom is -0.377 e. The number of hydrogen-bond donors (Lipinski definition) is 3. The number of carbonyl (C=O) groups excluding carboxylic acids is 2. The van der Waals surface area contributed by atoms with Gasteiger partial charge in [0.25, 0.3) is 5.91 Å². The summed E-state index contributed by atoms with van der Waals surface area (Å²) in [5.74, 6) is -0.711. The maximum atomic E-state index is 12.0. The van der Waals surface area contributed by atoms with Crippen LogP contribution in [0.1, 0.15) is 28.9 Å². The molecule has 0 spiro atoms. The third-order valence-corrected chi connectivity index (χ3v) is 3.81. The average Bonchev–Trinajstić information content (AvgIpc) is 3.13. The average molecular weight is 377 g/mol. The molecule has 2 aromatic rings. The van der Waals surface area contributed by atoms with Gasteiger partial charge >= 0.3 is 0 Å². The van der Waals surface area contributed by atoms with Crippen molar-refractivity contribution in [2.24, 2.45) is 5.73 Å². The molecular weight excluding hydrogens is 356 g/mol. The molecule has 138 valence electrons. The number of hydrogen-bond acceptors (Lipinski definition) is 4.